The number of hydrogen-bond acceptors (Lipinski definition) is 6. The molecule has 1 unspecified atom stereocenters. The molecule has 10 heteroatoms. The van der Waals surface area contributed by atoms with Gasteiger partial charge in [-0.25, -0.2) is 9.59 Å². The Hall–Kier alpha value is -2.78. The van der Waals surface area contributed by atoms with Crippen LogP contribution in [-0.4, -0.2) is 42.1 Å². The maximum atomic E-state index is 13.4. The normalized spacial score (nSPS) is 19.0. The molecule has 30 heavy (non-hydrogen) atoms. The van der Waals surface area contributed by atoms with E-state index in [1.165, 1.54) is 18.2 Å². The molecule has 0 aromatic heterocycles. The van der Waals surface area contributed by atoms with Gasteiger partial charge < -0.3 is 19.6 Å². The van der Waals surface area contributed by atoms with Gasteiger partial charge in [-0.15, -0.1) is 0 Å². The van der Waals surface area contributed by atoms with E-state index in [4.69, 9.17) is 14.3 Å². The lowest BCUT2D eigenvalue weighted by molar-refractivity contribution is -0.169. The third-order valence-electron chi connectivity index (χ3n) is 4.12. The van der Waals surface area contributed by atoms with E-state index in [2.05, 4.69) is 10.5 Å². The summed E-state index contributed by atoms with van der Waals surface area (Å²) in [6.45, 7) is 6.62. The summed E-state index contributed by atoms with van der Waals surface area (Å²) in [7, 11) is 0. The fourth-order valence-corrected chi connectivity index (χ4v) is 2.93. The zero-order valence-corrected chi connectivity index (χ0v) is 17.3. The zero-order valence-electron chi connectivity index (χ0n) is 17.3. The van der Waals surface area contributed by atoms with Crippen LogP contribution in [0.15, 0.2) is 29.4 Å². The first-order chi connectivity index (χ1) is 13.9. The van der Waals surface area contributed by atoms with Crippen molar-refractivity contribution in [1.82, 2.24) is 5.32 Å². The molecule has 166 valence electrons. The van der Waals surface area contributed by atoms with Crippen molar-refractivity contribution < 1.29 is 37.1 Å². The lowest BCUT2D eigenvalue weighted by atomic mass is 9.87. The monoisotopic (exact) mass is 430 g/mol. The van der Waals surface area contributed by atoms with E-state index in [-0.39, 0.29) is 37.3 Å². The molecule has 1 aliphatic rings. The lowest BCUT2D eigenvalue weighted by Crippen LogP contribution is -2.44. The fourth-order valence-electron chi connectivity index (χ4n) is 2.93. The standard InChI is InChI=1S/C20H25F3N2O5/c1-5-28-16(26)19(10-13-8-6-7-9-15(13)20(21,22)23)11-14(25-30-19)12-24-17(27)29-18(2,3)4/h6-9H,5,10-12H2,1-4H3,(H,24,27). The largest absolute Gasteiger partial charge is 0.463 e. The molecular formula is C20H25F3N2O5. The average Bonchev–Trinajstić information content (AvgIpc) is 3.03. The number of alkyl carbamates (subject to hydrolysis) is 1. The number of hydrogen-bond donors (Lipinski definition) is 1. The number of amides is 1. The van der Waals surface area contributed by atoms with Crippen LogP contribution in [0, 0.1) is 0 Å². The van der Waals surface area contributed by atoms with Crippen molar-refractivity contribution in [3.8, 4) is 0 Å². The van der Waals surface area contributed by atoms with Gasteiger partial charge in [-0.2, -0.15) is 13.2 Å². The minimum absolute atomic E-state index is 0.0242. The molecule has 0 radical (unpaired) electrons. The Morgan fingerprint density at radius 2 is 1.90 bits per heavy atom. The number of alkyl halides is 3. The van der Waals surface area contributed by atoms with Gasteiger partial charge in [0, 0.05) is 12.8 Å². The van der Waals surface area contributed by atoms with Gasteiger partial charge in [-0.1, -0.05) is 23.4 Å². The molecule has 0 saturated heterocycles. The number of nitrogens with zero attached hydrogens (tertiary/aromatic N) is 1. The van der Waals surface area contributed by atoms with Crippen molar-refractivity contribution in [2.45, 2.75) is 57.9 Å². The Kier molecular flexibility index (Phi) is 6.99. The minimum Gasteiger partial charge on any atom is -0.463 e. The number of rotatable bonds is 6. The highest BCUT2D eigenvalue weighted by atomic mass is 19.4. The Labute approximate surface area is 172 Å². The molecule has 0 aliphatic carbocycles. The van der Waals surface area contributed by atoms with Crippen LogP contribution in [0.5, 0.6) is 0 Å². The van der Waals surface area contributed by atoms with Gasteiger partial charge in [0.15, 0.2) is 0 Å². The van der Waals surface area contributed by atoms with Crippen LogP contribution in [0.4, 0.5) is 18.0 Å². The Bertz CT molecular complexity index is 817. The molecule has 1 heterocycles. The predicted molar refractivity (Wildman–Crippen MR) is 102 cm³/mol. The lowest BCUT2D eigenvalue weighted by Gasteiger charge is -2.26. The number of halogens is 3. The Balaban J connectivity index is 2.18. The number of oxime groups is 1. The van der Waals surface area contributed by atoms with Crippen LogP contribution in [0.25, 0.3) is 0 Å². The van der Waals surface area contributed by atoms with Crippen molar-refractivity contribution >= 4 is 17.8 Å². The maximum absolute atomic E-state index is 13.4. The van der Waals surface area contributed by atoms with Crippen LogP contribution in [0.2, 0.25) is 0 Å². The summed E-state index contributed by atoms with van der Waals surface area (Å²) in [5.41, 5.74) is -3.15. The summed E-state index contributed by atoms with van der Waals surface area (Å²) >= 11 is 0. The molecule has 0 bridgehead atoms. The van der Waals surface area contributed by atoms with E-state index < -0.39 is 35.0 Å². The molecule has 1 N–H and O–H groups in total. The second-order valence-corrected chi connectivity index (χ2v) is 7.83. The summed E-state index contributed by atoms with van der Waals surface area (Å²) in [4.78, 5) is 29.7. The van der Waals surface area contributed by atoms with Crippen molar-refractivity contribution in [2.75, 3.05) is 13.2 Å². The summed E-state index contributed by atoms with van der Waals surface area (Å²) in [5, 5.41) is 6.30. The highest BCUT2D eigenvalue weighted by Gasteiger charge is 2.49. The Morgan fingerprint density at radius 3 is 2.50 bits per heavy atom. The van der Waals surface area contributed by atoms with Crippen LogP contribution >= 0.6 is 0 Å². The highest BCUT2D eigenvalue weighted by molar-refractivity contribution is 5.96. The summed E-state index contributed by atoms with van der Waals surface area (Å²) in [6, 6.07) is 4.94. The number of nitrogens with one attached hydrogen (secondary N) is 1. The van der Waals surface area contributed by atoms with Gasteiger partial charge in [-0.05, 0) is 39.3 Å². The number of esters is 1. The number of ether oxygens (including phenoxy) is 2. The molecule has 1 amide bonds. The van der Waals surface area contributed by atoms with E-state index in [9.17, 15) is 22.8 Å². The second kappa shape index (κ2) is 8.93. The quantitative estimate of drug-likeness (QED) is 0.693. The van der Waals surface area contributed by atoms with Crippen molar-refractivity contribution in [3.63, 3.8) is 0 Å². The van der Waals surface area contributed by atoms with Gasteiger partial charge in [0.1, 0.15) is 5.60 Å². The molecule has 1 aromatic rings. The fraction of sp³-hybridized carbons (Fsp3) is 0.550. The highest BCUT2D eigenvalue weighted by Crippen LogP contribution is 2.36. The van der Waals surface area contributed by atoms with Gasteiger partial charge in [0.2, 0.25) is 5.60 Å². The van der Waals surface area contributed by atoms with E-state index in [1.807, 2.05) is 0 Å². The summed E-state index contributed by atoms with van der Waals surface area (Å²) < 4.78 is 50.3. The minimum atomic E-state index is -4.59. The van der Waals surface area contributed by atoms with Gasteiger partial charge >= 0.3 is 18.2 Å². The number of carbonyl (C=O) groups is 2. The Morgan fingerprint density at radius 1 is 1.23 bits per heavy atom. The first-order valence-corrected chi connectivity index (χ1v) is 9.39. The summed E-state index contributed by atoms with van der Waals surface area (Å²) in [5.74, 6) is -0.821. The number of carbonyl (C=O) groups excluding carboxylic acids is 2. The van der Waals surface area contributed by atoms with Crippen molar-refractivity contribution in [3.05, 3.63) is 35.4 Å². The molecule has 1 atom stereocenters. The molecule has 7 nitrogen and oxygen atoms in total. The van der Waals surface area contributed by atoms with E-state index >= 15 is 0 Å². The molecule has 1 aliphatic heterocycles. The molecule has 0 fully saturated rings. The van der Waals surface area contributed by atoms with Crippen LogP contribution < -0.4 is 5.32 Å². The van der Waals surface area contributed by atoms with E-state index in [0.717, 1.165) is 6.07 Å². The van der Waals surface area contributed by atoms with Crippen molar-refractivity contribution in [1.29, 1.82) is 0 Å². The van der Waals surface area contributed by atoms with Gasteiger partial charge in [0.25, 0.3) is 0 Å². The third kappa shape index (κ3) is 6.11. The van der Waals surface area contributed by atoms with Crippen LogP contribution in [0.3, 0.4) is 0 Å². The second-order valence-electron chi connectivity index (χ2n) is 7.83. The number of benzene rings is 1. The predicted octanol–water partition coefficient (Wildman–Crippen LogP) is 3.85. The topological polar surface area (TPSA) is 86.2 Å². The van der Waals surface area contributed by atoms with Gasteiger partial charge in [-0.3, -0.25) is 0 Å². The molecule has 0 spiro atoms. The molecule has 2 rings (SSSR count). The van der Waals surface area contributed by atoms with E-state index in [1.54, 1.807) is 27.7 Å². The van der Waals surface area contributed by atoms with Crippen molar-refractivity contribution in [2.24, 2.45) is 5.16 Å². The summed E-state index contributed by atoms with van der Waals surface area (Å²) in [6.07, 6.45) is -5.80. The maximum Gasteiger partial charge on any atom is 0.416 e. The average molecular weight is 430 g/mol. The first-order valence-electron chi connectivity index (χ1n) is 9.39. The molecule has 0 saturated carbocycles. The van der Waals surface area contributed by atoms with Crippen LogP contribution in [-0.2, 0) is 31.7 Å². The SMILES string of the molecule is CCOC(=O)C1(Cc2ccccc2C(F)(F)F)CC(CNC(=O)OC(C)(C)C)=NO1. The van der Waals surface area contributed by atoms with E-state index in [0.29, 0.717) is 0 Å². The zero-order chi connectivity index (χ0) is 22.6. The van der Waals surface area contributed by atoms with Gasteiger partial charge in [0.05, 0.1) is 24.4 Å². The molecular weight excluding hydrogens is 405 g/mol. The first kappa shape index (κ1) is 23.5. The van der Waals surface area contributed by atoms with Crippen LogP contribution in [0.1, 0.15) is 45.2 Å². The molecule has 1 aromatic carbocycles. The third-order valence-corrected chi connectivity index (χ3v) is 4.12. The smallest absolute Gasteiger partial charge is 0.416 e.